The van der Waals surface area contributed by atoms with Crippen LogP contribution in [0.4, 0.5) is 0 Å². The summed E-state index contributed by atoms with van der Waals surface area (Å²) >= 11 is 16.8. The first-order valence-electron chi connectivity index (χ1n) is 5.47. The van der Waals surface area contributed by atoms with E-state index >= 15 is 0 Å². The zero-order valence-corrected chi connectivity index (χ0v) is 12.4. The van der Waals surface area contributed by atoms with Crippen molar-refractivity contribution in [1.82, 2.24) is 0 Å². The Morgan fingerprint density at radius 2 is 1.89 bits per heavy atom. The van der Waals surface area contributed by atoms with E-state index in [9.17, 15) is 9.90 Å². The molecule has 0 bridgehead atoms. The van der Waals surface area contributed by atoms with Gasteiger partial charge in [0.15, 0.2) is 6.61 Å². The van der Waals surface area contributed by atoms with E-state index in [1.807, 2.05) is 0 Å². The van der Waals surface area contributed by atoms with Gasteiger partial charge in [-0.3, -0.25) is 0 Å². The Labute approximate surface area is 126 Å². The first-order valence-corrected chi connectivity index (χ1v) is 6.61. The largest absolute Gasteiger partial charge is 0.482 e. The lowest BCUT2D eigenvalue weighted by molar-refractivity contribution is -0.145. The third-order valence-corrected chi connectivity index (χ3v) is 2.79. The van der Waals surface area contributed by atoms with Crippen LogP contribution >= 0.6 is 34.8 Å². The Kier molecular flexibility index (Phi) is 6.20. The summed E-state index contributed by atoms with van der Waals surface area (Å²) in [6, 6.07) is 6.22. The molecular formula is C12H13Cl3O4. The van der Waals surface area contributed by atoms with E-state index in [1.165, 1.54) is 0 Å². The molecule has 0 radical (unpaired) electrons. The van der Waals surface area contributed by atoms with Crippen LogP contribution in [0, 0.1) is 0 Å². The number of halogens is 3. The van der Waals surface area contributed by atoms with Gasteiger partial charge in [0.25, 0.3) is 0 Å². The quantitative estimate of drug-likeness (QED) is 0.667. The number of ether oxygens (including phenoxy) is 2. The molecule has 0 saturated heterocycles. The maximum Gasteiger partial charge on any atom is 0.344 e. The molecule has 0 aliphatic rings. The van der Waals surface area contributed by atoms with Crippen molar-refractivity contribution in [2.24, 2.45) is 0 Å². The number of rotatable bonds is 5. The highest BCUT2D eigenvalue weighted by atomic mass is 35.6. The second kappa shape index (κ2) is 7.20. The topological polar surface area (TPSA) is 55.8 Å². The van der Waals surface area contributed by atoms with Crippen molar-refractivity contribution < 1.29 is 19.4 Å². The smallest absolute Gasteiger partial charge is 0.344 e. The molecule has 1 N–H and O–H groups in total. The molecular weight excluding hydrogens is 314 g/mol. The Balaban J connectivity index is 2.59. The van der Waals surface area contributed by atoms with Gasteiger partial charge in [0.05, 0.1) is 6.61 Å². The summed E-state index contributed by atoms with van der Waals surface area (Å²) in [4.78, 5) is 11.1. The molecule has 1 aromatic carbocycles. The fourth-order valence-electron chi connectivity index (χ4n) is 1.28. The number of esters is 1. The van der Waals surface area contributed by atoms with Gasteiger partial charge in [-0.1, -0.05) is 46.9 Å². The number of hydrogen-bond donors (Lipinski definition) is 1. The summed E-state index contributed by atoms with van der Waals surface area (Å²) in [6.07, 6.45) is -1.24. The predicted molar refractivity (Wildman–Crippen MR) is 73.8 cm³/mol. The van der Waals surface area contributed by atoms with Gasteiger partial charge >= 0.3 is 5.97 Å². The zero-order valence-electron chi connectivity index (χ0n) is 10.1. The van der Waals surface area contributed by atoms with Crippen molar-refractivity contribution in [3.05, 3.63) is 29.8 Å². The fraction of sp³-hybridized carbons (Fsp3) is 0.417. The molecule has 0 amide bonds. The molecule has 0 saturated carbocycles. The normalized spacial score (nSPS) is 12.9. The summed E-state index contributed by atoms with van der Waals surface area (Å²) in [6.45, 7) is 1.83. The first kappa shape index (κ1) is 16.4. The number of benzene rings is 1. The third kappa shape index (κ3) is 5.45. The van der Waals surface area contributed by atoms with Crippen LogP contribution in [0.3, 0.4) is 0 Å². The van der Waals surface area contributed by atoms with E-state index in [-0.39, 0.29) is 6.61 Å². The van der Waals surface area contributed by atoms with Crippen molar-refractivity contribution >= 4 is 40.8 Å². The minimum atomic E-state index is -1.80. The van der Waals surface area contributed by atoms with Crippen LogP contribution in [-0.4, -0.2) is 28.1 Å². The van der Waals surface area contributed by atoms with Crippen LogP contribution < -0.4 is 4.74 Å². The molecule has 0 heterocycles. The number of aliphatic hydroxyl groups is 1. The highest BCUT2D eigenvalue weighted by Crippen LogP contribution is 2.39. The van der Waals surface area contributed by atoms with E-state index < -0.39 is 15.9 Å². The molecule has 1 unspecified atom stereocenters. The molecule has 0 spiro atoms. The maximum absolute atomic E-state index is 11.1. The zero-order chi connectivity index (χ0) is 14.5. The Morgan fingerprint density at radius 3 is 2.37 bits per heavy atom. The van der Waals surface area contributed by atoms with Crippen molar-refractivity contribution in [3.8, 4) is 5.75 Å². The molecule has 1 rings (SSSR count). The summed E-state index contributed by atoms with van der Waals surface area (Å²) in [7, 11) is 0. The van der Waals surface area contributed by atoms with Crippen molar-refractivity contribution in [2.75, 3.05) is 13.2 Å². The number of aliphatic hydroxyl groups excluding tert-OH is 1. The summed E-state index contributed by atoms with van der Waals surface area (Å²) in [5, 5.41) is 9.73. The summed E-state index contributed by atoms with van der Waals surface area (Å²) < 4.78 is 8.10. The van der Waals surface area contributed by atoms with Crippen LogP contribution in [0.25, 0.3) is 0 Å². The highest BCUT2D eigenvalue weighted by Gasteiger charge is 2.31. The fourth-order valence-corrected chi connectivity index (χ4v) is 1.66. The molecule has 0 fully saturated rings. The molecule has 4 nitrogen and oxygen atoms in total. The average Bonchev–Trinajstić information content (AvgIpc) is 2.35. The summed E-state index contributed by atoms with van der Waals surface area (Å²) in [5.41, 5.74) is 0.434. The highest BCUT2D eigenvalue weighted by molar-refractivity contribution is 6.68. The van der Waals surface area contributed by atoms with Crippen molar-refractivity contribution in [2.45, 2.75) is 16.8 Å². The Hall–Kier alpha value is -0.680. The monoisotopic (exact) mass is 326 g/mol. The number of alkyl halides is 3. The maximum atomic E-state index is 11.1. The van der Waals surface area contributed by atoms with Gasteiger partial charge in [-0.25, -0.2) is 4.79 Å². The Bertz CT molecular complexity index is 414. The minimum absolute atomic E-state index is 0.180. The second-order valence-electron chi connectivity index (χ2n) is 3.61. The molecule has 106 valence electrons. The van der Waals surface area contributed by atoms with Gasteiger partial charge in [-0.05, 0) is 24.6 Å². The summed E-state index contributed by atoms with van der Waals surface area (Å²) in [5.74, 6) is 0.00113. The van der Waals surface area contributed by atoms with Crippen LogP contribution in [0.15, 0.2) is 24.3 Å². The molecule has 0 aromatic heterocycles. The van der Waals surface area contributed by atoms with Gasteiger partial charge in [-0.2, -0.15) is 0 Å². The Morgan fingerprint density at radius 1 is 1.32 bits per heavy atom. The van der Waals surface area contributed by atoms with Crippen LogP contribution in [0.5, 0.6) is 5.75 Å². The van der Waals surface area contributed by atoms with Crippen LogP contribution in [0.2, 0.25) is 0 Å². The molecule has 19 heavy (non-hydrogen) atoms. The van der Waals surface area contributed by atoms with Gasteiger partial charge in [-0.15, -0.1) is 0 Å². The molecule has 1 aromatic rings. The lowest BCUT2D eigenvalue weighted by Crippen LogP contribution is -2.16. The van der Waals surface area contributed by atoms with Gasteiger partial charge < -0.3 is 14.6 Å². The molecule has 7 heteroatoms. The van der Waals surface area contributed by atoms with Crippen LogP contribution in [0.1, 0.15) is 18.6 Å². The van der Waals surface area contributed by atoms with Gasteiger partial charge in [0.1, 0.15) is 11.9 Å². The second-order valence-corrected chi connectivity index (χ2v) is 5.98. The predicted octanol–water partition coefficient (Wildman–Crippen LogP) is 3.03. The molecule has 1 atom stereocenters. The number of carbonyl (C=O) groups excluding carboxylic acids is 1. The minimum Gasteiger partial charge on any atom is -0.482 e. The average molecular weight is 328 g/mol. The van der Waals surface area contributed by atoms with E-state index in [1.54, 1.807) is 31.2 Å². The van der Waals surface area contributed by atoms with E-state index in [2.05, 4.69) is 0 Å². The van der Waals surface area contributed by atoms with Gasteiger partial charge in [0, 0.05) is 0 Å². The molecule has 0 aliphatic heterocycles. The number of hydrogen-bond acceptors (Lipinski definition) is 4. The molecule has 0 aliphatic carbocycles. The van der Waals surface area contributed by atoms with Crippen molar-refractivity contribution in [3.63, 3.8) is 0 Å². The third-order valence-electron chi connectivity index (χ3n) is 2.17. The SMILES string of the molecule is CCOC(=O)COc1ccc(C(O)C(Cl)(Cl)Cl)cc1. The lowest BCUT2D eigenvalue weighted by atomic mass is 10.1. The van der Waals surface area contributed by atoms with E-state index in [0.717, 1.165) is 0 Å². The van der Waals surface area contributed by atoms with E-state index in [4.69, 9.17) is 44.3 Å². The van der Waals surface area contributed by atoms with E-state index in [0.29, 0.717) is 17.9 Å². The van der Waals surface area contributed by atoms with Crippen LogP contribution in [-0.2, 0) is 9.53 Å². The van der Waals surface area contributed by atoms with Gasteiger partial charge in [0.2, 0.25) is 3.79 Å². The number of carbonyl (C=O) groups is 1. The first-order chi connectivity index (χ1) is 8.84. The standard InChI is InChI=1S/C12H13Cl3O4/c1-2-18-10(16)7-19-9-5-3-8(4-6-9)11(17)12(13,14)15/h3-6,11,17H,2,7H2,1H3. The van der Waals surface area contributed by atoms with Crippen molar-refractivity contribution in [1.29, 1.82) is 0 Å². The lowest BCUT2D eigenvalue weighted by Gasteiger charge is -2.19.